The molecule has 88 valence electrons. The van der Waals surface area contributed by atoms with Gasteiger partial charge in [-0.05, 0) is 32.4 Å². The SMILES string of the molecule is C=COC(=O)O.CN1CCCC(CO)C1. The molecule has 5 nitrogen and oxygen atoms in total. The topological polar surface area (TPSA) is 70.0 Å². The largest absolute Gasteiger partial charge is 0.510 e. The van der Waals surface area contributed by atoms with Gasteiger partial charge in [0.2, 0.25) is 0 Å². The summed E-state index contributed by atoms with van der Waals surface area (Å²) < 4.78 is 3.72. The van der Waals surface area contributed by atoms with Crippen LogP contribution in [0.2, 0.25) is 0 Å². The van der Waals surface area contributed by atoms with Crippen molar-refractivity contribution in [3.63, 3.8) is 0 Å². The lowest BCUT2D eigenvalue weighted by Crippen LogP contribution is -2.33. The van der Waals surface area contributed by atoms with Crippen molar-refractivity contribution in [3.05, 3.63) is 12.8 Å². The van der Waals surface area contributed by atoms with Gasteiger partial charge in [0.05, 0.1) is 6.26 Å². The molecule has 5 heteroatoms. The second-order valence-electron chi connectivity index (χ2n) is 3.50. The number of carboxylic acid groups (broad SMARTS) is 1. The van der Waals surface area contributed by atoms with Crippen LogP contribution in [0, 0.1) is 5.92 Å². The minimum Gasteiger partial charge on any atom is -0.449 e. The monoisotopic (exact) mass is 217 g/mol. The zero-order chi connectivity index (χ0) is 11.7. The highest BCUT2D eigenvalue weighted by molar-refractivity contribution is 5.57. The van der Waals surface area contributed by atoms with Crippen LogP contribution in [0.5, 0.6) is 0 Å². The number of aliphatic hydroxyl groups excluding tert-OH is 1. The summed E-state index contributed by atoms with van der Waals surface area (Å²) in [7, 11) is 2.11. The standard InChI is InChI=1S/C7H15NO.C3H4O3/c1-8-4-2-3-7(5-8)6-9;1-2-6-3(4)5/h7,9H,2-6H2,1H3;2H,1H2,(H,4,5). The van der Waals surface area contributed by atoms with Crippen LogP contribution in [0.25, 0.3) is 0 Å². The Morgan fingerprint density at radius 3 is 2.67 bits per heavy atom. The molecule has 1 aliphatic rings. The minimum absolute atomic E-state index is 0.365. The predicted molar refractivity (Wildman–Crippen MR) is 56.6 cm³/mol. The summed E-state index contributed by atoms with van der Waals surface area (Å²) in [4.78, 5) is 11.6. The molecule has 1 heterocycles. The van der Waals surface area contributed by atoms with Gasteiger partial charge < -0.3 is 19.8 Å². The number of nitrogens with zero attached hydrogens (tertiary/aromatic N) is 1. The van der Waals surface area contributed by atoms with Crippen LogP contribution in [0.4, 0.5) is 4.79 Å². The third-order valence-electron chi connectivity index (χ3n) is 2.16. The zero-order valence-corrected chi connectivity index (χ0v) is 9.06. The summed E-state index contributed by atoms with van der Waals surface area (Å²) in [5.74, 6) is 0.545. The molecule has 1 fully saturated rings. The van der Waals surface area contributed by atoms with Crippen LogP contribution in [-0.2, 0) is 4.74 Å². The molecule has 0 aromatic carbocycles. The van der Waals surface area contributed by atoms with Gasteiger partial charge in [-0.15, -0.1) is 0 Å². The molecule has 1 rings (SSSR count). The lowest BCUT2D eigenvalue weighted by molar-refractivity contribution is 0.128. The van der Waals surface area contributed by atoms with Crippen molar-refractivity contribution in [1.29, 1.82) is 0 Å². The molecule has 0 aliphatic carbocycles. The third kappa shape index (κ3) is 7.96. The summed E-state index contributed by atoms with van der Waals surface area (Å²) in [5.41, 5.74) is 0. The maximum atomic E-state index is 9.31. The number of carbonyl (C=O) groups is 1. The van der Waals surface area contributed by atoms with Crippen molar-refractivity contribution in [3.8, 4) is 0 Å². The average Bonchev–Trinajstić information content (AvgIpc) is 2.18. The Labute approximate surface area is 90.0 Å². The maximum absolute atomic E-state index is 9.31. The van der Waals surface area contributed by atoms with Crippen LogP contribution in [0.3, 0.4) is 0 Å². The van der Waals surface area contributed by atoms with Gasteiger partial charge in [0.25, 0.3) is 0 Å². The second kappa shape index (κ2) is 8.26. The molecule has 0 saturated carbocycles. The highest BCUT2D eigenvalue weighted by Gasteiger charge is 2.15. The fourth-order valence-electron chi connectivity index (χ4n) is 1.49. The van der Waals surface area contributed by atoms with Gasteiger partial charge in [-0.25, -0.2) is 4.79 Å². The van der Waals surface area contributed by atoms with Crippen molar-refractivity contribution >= 4 is 6.16 Å². The van der Waals surface area contributed by atoms with Crippen LogP contribution in [0.15, 0.2) is 12.8 Å². The van der Waals surface area contributed by atoms with Crippen molar-refractivity contribution in [2.75, 3.05) is 26.7 Å². The number of hydrogen-bond donors (Lipinski definition) is 2. The quantitative estimate of drug-likeness (QED) is 0.536. The Balaban J connectivity index is 0.000000288. The Morgan fingerprint density at radius 1 is 1.73 bits per heavy atom. The smallest absolute Gasteiger partial charge is 0.449 e. The molecule has 0 bridgehead atoms. The van der Waals surface area contributed by atoms with E-state index in [1.165, 1.54) is 19.4 Å². The molecule has 1 saturated heterocycles. The van der Waals surface area contributed by atoms with Gasteiger partial charge in [-0.3, -0.25) is 0 Å². The molecule has 0 aromatic heterocycles. The third-order valence-corrected chi connectivity index (χ3v) is 2.16. The Bertz CT molecular complexity index is 196. The Kier molecular flexibility index (Phi) is 7.67. The average molecular weight is 217 g/mol. The van der Waals surface area contributed by atoms with Crippen molar-refractivity contribution in [2.45, 2.75) is 12.8 Å². The predicted octanol–water partition coefficient (Wildman–Crippen LogP) is 1.14. The Morgan fingerprint density at radius 2 is 2.40 bits per heavy atom. The molecule has 0 aromatic rings. The molecule has 15 heavy (non-hydrogen) atoms. The van der Waals surface area contributed by atoms with Crippen molar-refractivity contribution < 1.29 is 19.7 Å². The van der Waals surface area contributed by atoms with Gasteiger partial charge in [-0.2, -0.15) is 0 Å². The van der Waals surface area contributed by atoms with E-state index in [2.05, 4.69) is 23.3 Å². The van der Waals surface area contributed by atoms with Gasteiger partial charge in [-0.1, -0.05) is 6.58 Å². The van der Waals surface area contributed by atoms with E-state index in [0.717, 1.165) is 12.8 Å². The molecule has 0 spiro atoms. The number of piperidine rings is 1. The summed E-state index contributed by atoms with van der Waals surface area (Å²) in [6, 6.07) is 0. The summed E-state index contributed by atoms with van der Waals surface area (Å²) in [6.07, 6.45) is 1.98. The first-order valence-corrected chi connectivity index (χ1v) is 4.90. The zero-order valence-electron chi connectivity index (χ0n) is 9.06. The molecule has 1 unspecified atom stereocenters. The second-order valence-corrected chi connectivity index (χ2v) is 3.50. The highest BCUT2D eigenvalue weighted by atomic mass is 16.7. The minimum atomic E-state index is -1.33. The molecular formula is C10H19NO4. The van der Waals surface area contributed by atoms with Gasteiger partial charge in [0.1, 0.15) is 0 Å². The van der Waals surface area contributed by atoms with Gasteiger partial charge in [0.15, 0.2) is 0 Å². The normalized spacial score (nSPS) is 21.1. The fraction of sp³-hybridized carbons (Fsp3) is 0.700. The number of likely N-dealkylation sites (tertiary alicyclic amines) is 1. The van der Waals surface area contributed by atoms with Crippen LogP contribution in [0.1, 0.15) is 12.8 Å². The van der Waals surface area contributed by atoms with E-state index >= 15 is 0 Å². The summed E-state index contributed by atoms with van der Waals surface area (Å²) >= 11 is 0. The fourth-order valence-corrected chi connectivity index (χ4v) is 1.49. The lowest BCUT2D eigenvalue weighted by Gasteiger charge is -2.27. The van der Waals surface area contributed by atoms with E-state index in [-0.39, 0.29) is 0 Å². The van der Waals surface area contributed by atoms with Crippen LogP contribution >= 0.6 is 0 Å². The Hall–Kier alpha value is -1.07. The molecule has 2 N–H and O–H groups in total. The summed E-state index contributed by atoms with van der Waals surface area (Å²) in [6.45, 7) is 5.65. The number of aliphatic hydroxyl groups is 1. The van der Waals surface area contributed by atoms with E-state index in [1.807, 2.05) is 0 Å². The van der Waals surface area contributed by atoms with Gasteiger partial charge in [0, 0.05) is 13.2 Å². The van der Waals surface area contributed by atoms with Crippen molar-refractivity contribution in [1.82, 2.24) is 4.90 Å². The molecular weight excluding hydrogens is 198 g/mol. The molecule has 1 atom stereocenters. The van der Waals surface area contributed by atoms with E-state index in [4.69, 9.17) is 10.2 Å². The molecule has 1 aliphatic heterocycles. The van der Waals surface area contributed by atoms with E-state index in [9.17, 15) is 4.79 Å². The number of rotatable bonds is 2. The van der Waals surface area contributed by atoms with Crippen molar-refractivity contribution in [2.24, 2.45) is 5.92 Å². The van der Waals surface area contributed by atoms with E-state index in [1.54, 1.807) is 0 Å². The maximum Gasteiger partial charge on any atom is 0.510 e. The van der Waals surface area contributed by atoms with Crippen LogP contribution < -0.4 is 0 Å². The number of ether oxygens (including phenoxy) is 1. The van der Waals surface area contributed by atoms with Crippen LogP contribution in [-0.4, -0.2) is 48.0 Å². The lowest BCUT2D eigenvalue weighted by atomic mass is 10.00. The first-order chi connectivity index (χ1) is 7.10. The first kappa shape index (κ1) is 13.9. The molecule has 0 radical (unpaired) electrons. The first-order valence-electron chi connectivity index (χ1n) is 4.90. The highest BCUT2D eigenvalue weighted by Crippen LogP contribution is 2.13. The number of hydrogen-bond acceptors (Lipinski definition) is 4. The van der Waals surface area contributed by atoms with E-state index in [0.29, 0.717) is 12.5 Å². The van der Waals surface area contributed by atoms with Gasteiger partial charge >= 0.3 is 6.16 Å². The molecule has 0 amide bonds. The van der Waals surface area contributed by atoms with E-state index < -0.39 is 6.16 Å². The summed E-state index contributed by atoms with van der Waals surface area (Å²) in [5, 5.41) is 16.4.